The molecule has 0 radical (unpaired) electrons. The van der Waals surface area contributed by atoms with Crippen molar-refractivity contribution in [2.75, 3.05) is 26.2 Å². The minimum Gasteiger partial charge on any atom is -0.480 e. The number of carbonyl (C=O) groups excluding carboxylic acids is 1. The molecular formula is C12H20N2O3. The van der Waals surface area contributed by atoms with E-state index in [1.165, 1.54) is 0 Å². The first-order valence-electron chi connectivity index (χ1n) is 6.39. The molecule has 2 rings (SSSR count). The van der Waals surface area contributed by atoms with E-state index < -0.39 is 12.0 Å². The van der Waals surface area contributed by atoms with E-state index in [1.54, 1.807) is 0 Å². The predicted octanol–water partition coefficient (Wildman–Crippen LogP) is 0.404. The van der Waals surface area contributed by atoms with E-state index in [0.29, 0.717) is 32.6 Å². The molecule has 17 heavy (non-hydrogen) atoms. The van der Waals surface area contributed by atoms with Gasteiger partial charge in [0.2, 0.25) is 5.91 Å². The number of carboxylic acids is 1. The second-order valence-corrected chi connectivity index (χ2v) is 4.90. The first kappa shape index (κ1) is 12.4. The van der Waals surface area contributed by atoms with Crippen LogP contribution in [-0.4, -0.2) is 59.0 Å². The second-order valence-electron chi connectivity index (χ2n) is 4.90. The molecule has 2 aliphatic rings. The highest BCUT2D eigenvalue weighted by Crippen LogP contribution is 2.31. The summed E-state index contributed by atoms with van der Waals surface area (Å²) in [4.78, 5) is 26.7. The van der Waals surface area contributed by atoms with Gasteiger partial charge < -0.3 is 10.0 Å². The molecule has 0 aromatic carbocycles. The molecule has 0 spiro atoms. The second kappa shape index (κ2) is 5.04. The summed E-state index contributed by atoms with van der Waals surface area (Å²) in [6.45, 7) is 4.62. The Kier molecular flexibility index (Phi) is 3.66. The van der Waals surface area contributed by atoms with Crippen molar-refractivity contribution in [3.63, 3.8) is 0 Å². The molecule has 1 aliphatic carbocycles. The molecule has 5 heteroatoms. The van der Waals surface area contributed by atoms with Gasteiger partial charge in [-0.25, -0.2) is 0 Å². The fourth-order valence-electron chi connectivity index (χ4n) is 2.43. The zero-order valence-corrected chi connectivity index (χ0v) is 10.3. The molecule has 5 nitrogen and oxygen atoms in total. The monoisotopic (exact) mass is 240 g/mol. The summed E-state index contributed by atoms with van der Waals surface area (Å²) in [5.41, 5.74) is 0. The number of hydrogen-bond donors (Lipinski definition) is 1. The van der Waals surface area contributed by atoms with Crippen molar-refractivity contribution >= 4 is 11.9 Å². The molecule has 1 amide bonds. The van der Waals surface area contributed by atoms with Crippen molar-refractivity contribution < 1.29 is 14.7 Å². The first-order chi connectivity index (χ1) is 8.13. The van der Waals surface area contributed by atoms with Crippen LogP contribution >= 0.6 is 0 Å². The number of carbonyl (C=O) groups is 2. The highest BCUT2D eigenvalue weighted by Gasteiger charge is 2.36. The lowest BCUT2D eigenvalue weighted by molar-refractivity contribution is -0.145. The molecule has 1 saturated heterocycles. The Morgan fingerprint density at radius 2 is 1.82 bits per heavy atom. The Morgan fingerprint density at radius 3 is 2.24 bits per heavy atom. The zero-order chi connectivity index (χ0) is 12.4. The fourth-order valence-corrected chi connectivity index (χ4v) is 2.43. The minimum atomic E-state index is -0.755. The summed E-state index contributed by atoms with van der Waals surface area (Å²) in [5, 5.41) is 9.08. The van der Waals surface area contributed by atoms with Gasteiger partial charge in [0.1, 0.15) is 6.04 Å². The Hall–Kier alpha value is -1.10. The van der Waals surface area contributed by atoms with E-state index >= 15 is 0 Å². The van der Waals surface area contributed by atoms with Gasteiger partial charge >= 0.3 is 5.97 Å². The van der Waals surface area contributed by atoms with Crippen molar-refractivity contribution in [1.29, 1.82) is 0 Å². The lowest BCUT2D eigenvalue weighted by Gasteiger charge is -2.37. The average Bonchev–Trinajstić information content (AvgIpc) is 3.13. The van der Waals surface area contributed by atoms with Crippen LogP contribution in [0.4, 0.5) is 0 Å². The molecule has 1 saturated carbocycles. The van der Waals surface area contributed by atoms with Crippen LogP contribution in [0.1, 0.15) is 26.2 Å². The Balaban J connectivity index is 1.84. The van der Waals surface area contributed by atoms with Crippen molar-refractivity contribution in [3.8, 4) is 0 Å². The van der Waals surface area contributed by atoms with E-state index in [9.17, 15) is 9.59 Å². The number of hydrogen-bond acceptors (Lipinski definition) is 3. The van der Waals surface area contributed by atoms with Gasteiger partial charge in [-0.1, -0.05) is 6.92 Å². The molecule has 96 valence electrons. The van der Waals surface area contributed by atoms with Crippen LogP contribution in [-0.2, 0) is 9.59 Å². The van der Waals surface area contributed by atoms with E-state index in [2.05, 4.69) is 0 Å². The number of amides is 1. The van der Waals surface area contributed by atoms with Crippen LogP contribution in [0.5, 0.6) is 0 Å². The maximum atomic E-state index is 11.8. The first-order valence-corrected chi connectivity index (χ1v) is 6.39. The minimum absolute atomic E-state index is 0.267. The van der Waals surface area contributed by atoms with Gasteiger partial charge in [0.25, 0.3) is 0 Å². The van der Waals surface area contributed by atoms with Gasteiger partial charge in [-0.3, -0.25) is 14.5 Å². The van der Waals surface area contributed by atoms with Gasteiger partial charge in [0.05, 0.1) is 0 Å². The number of nitrogens with zero attached hydrogens (tertiary/aromatic N) is 2. The quantitative estimate of drug-likeness (QED) is 0.773. The van der Waals surface area contributed by atoms with Crippen LogP contribution in [0, 0.1) is 5.92 Å². The number of piperazine rings is 1. The highest BCUT2D eigenvalue weighted by molar-refractivity contribution is 5.81. The van der Waals surface area contributed by atoms with Crippen molar-refractivity contribution in [2.45, 2.75) is 32.2 Å². The third-order valence-corrected chi connectivity index (χ3v) is 3.67. The largest absolute Gasteiger partial charge is 0.480 e. The van der Waals surface area contributed by atoms with Crippen LogP contribution in [0.25, 0.3) is 0 Å². The van der Waals surface area contributed by atoms with Gasteiger partial charge in [-0.05, 0) is 19.3 Å². The zero-order valence-electron chi connectivity index (χ0n) is 10.3. The third-order valence-electron chi connectivity index (χ3n) is 3.67. The summed E-state index contributed by atoms with van der Waals surface area (Å²) in [6.07, 6.45) is 2.68. The van der Waals surface area contributed by atoms with Crippen LogP contribution < -0.4 is 0 Å². The van der Waals surface area contributed by atoms with Crippen LogP contribution in [0.2, 0.25) is 0 Å². The summed E-state index contributed by atoms with van der Waals surface area (Å²) in [6, 6.07) is -0.395. The molecule has 0 unspecified atom stereocenters. The number of aliphatic carboxylic acids is 1. The summed E-state index contributed by atoms with van der Waals surface area (Å²) >= 11 is 0. The van der Waals surface area contributed by atoms with Gasteiger partial charge in [-0.15, -0.1) is 0 Å². The molecule has 1 N–H and O–H groups in total. The SMILES string of the molecule is CC[C@@H](C(=O)O)N1CCN(C(=O)C2CC2)CC1. The Bertz CT molecular complexity index is 307. The summed E-state index contributed by atoms with van der Waals surface area (Å²) < 4.78 is 0. The lowest BCUT2D eigenvalue weighted by atomic mass is 10.1. The maximum Gasteiger partial charge on any atom is 0.320 e. The average molecular weight is 240 g/mol. The topological polar surface area (TPSA) is 60.9 Å². The molecular weight excluding hydrogens is 220 g/mol. The van der Waals surface area contributed by atoms with E-state index in [-0.39, 0.29) is 11.8 Å². The molecule has 0 bridgehead atoms. The smallest absolute Gasteiger partial charge is 0.320 e. The molecule has 2 fully saturated rings. The van der Waals surface area contributed by atoms with E-state index in [0.717, 1.165) is 12.8 Å². The highest BCUT2D eigenvalue weighted by atomic mass is 16.4. The van der Waals surface area contributed by atoms with Crippen molar-refractivity contribution in [3.05, 3.63) is 0 Å². The molecule has 0 aromatic heterocycles. The van der Waals surface area contributed by atoms with E-state index in [1.807, 2.05) is 16.7 Å². The normalized spacial score (nSPS) is 23.5. The summed E-state index contributed by atoms with van der Waals surface area (Å²) in [7, 11) is 0. The Morgan fingerprint density at radius 1 is 1.24 bits per heavy atom. The van der Waals surface area contributed by atoms with Gasteiger partial charge in [0.15, 0.2) is 0 Å². The standard InChI is InChI=1S/C12H20N2O3/c1-2-10(12(16)17)13-5-7-14(8-6-13)11(15)9-3-4-9/h9-10H,2-8H2,1H3,(H,16,17)/t10-/m0/s1. The fraction of sp³-hybridized carbons (Fsp3) is 0.833. The van der Waals surface area contributed by atoms with Crippen LogP contribution in [0.15, 0.2) is 0 Å². The Labute approximate surface area is 101 Å². The van der Waals surface area contributed by atoms with Gasteiger partial charge in [-0.2, -0.15) is 0 Å². The molecule has 1 heterocycles. The molecule has 1 aliphatic heterocycles. The third kappa shape index (κ3) is 2.77. The van der Waals surface area contributed by atoms with Crippen LogP contribution in [0.3, 0.4) is 0 Å². The summed E-state index contributed by atoms with van der Waals surface area (Å²) in [5.74, 6) is -0.217. The molecule has 0 aromatic rings. The maximum absolute atomic E-state index is 11.8. The molecule has 1 atom stereocenters. The lowest BCUT2D eigenvalue weighted by Crippen LogP contribution is -2.54. The number of rotatable bonds is 4. The van der Waals surface area contributed by atoms with Crippen molar-refractivity contribution in [2.24, 2.45) is 5.92 Å². The van der Waals surface area contributed by atoms with Gasteiger partial charge in [0, 0.05) is 32.1 Å². The van der Waals surface area contributed by atoms with Crippen molar-refractivity contribution in [1.82, 2.24) is 9.80 Å². The van der Waals surface area contributed by atoms with E-state index in [4.69, 9.17) is 5.11 Å². The predicted molar refractivity (Wildman–Crippen MR) is 62.6 cm³/mol. The number of carboxylic acid groups (broad SMARTS) is 1.